The van der Waals surface area contributed by atoms with E-state index in [2.05, 4.69) is 22.8 Å². The van der Waals surface area contributed by atoms with Crippen molar-refractivity contribution in [2.24, 2.45) is 0 Å². The molecule has 1 aromatic carbocycles. The Morgan fingerprint density at radius 1 is 1.35 bits per heavy atom. The SMILES string of the molecule is O=C(CC1CNc2ccccc21)NC1(CO)CCCC1. The molecule has 1 saturated carbocycles. The summed E-state index contributed by atoms with van der Waals surface area (Å²) in [5.74, 6) is 0.299. The lowest BCUT2D eigenvalue weighted by molar-refractivity contribution is -0.123. The Labute approximate surface area is 119 Å². The van der Waals surface area contributed by atoms with E-state index >= 15 is 0 Å². The van der Waals surface area contributed by atoms with Gasteiger partial charge in [-0.25, -0.2) is 0 Å². The van der Waals surface area contributed by atoms with Crippen LogP contribution >= 0.6 is 0 Å². The molecule has 0 aromatic heterocycles. The van der Waals surface area contributed by atoms with Crippen molar-refractivity contribution in [3.8, 4) is 0 Å². The van der Waals surface area contributed by atoms with Gasteiger partial charge in [-0.2, -0.15) is 0 Å². The van der Waals surface area contributed by atoms with Gasteiger partial charge in [0.1, 0.15) is 0 Å². The fourth-order valence-corrected chi connectivity index (χ4v) is 3.48. The average Bonchev–Trinajstić information content (AvgIpc) is 3.07. The first kappa shape index (κ1) is 13.4. The van der Waals surface area contributed by atoms with Crippen LogP contribution in [0.1, 0.15) is 43.6 Å². The Bertz CT molecular complexity index is 495. The molecule has 0 saturated heterocycles. The number of aliphatic hydroxyl groups is 1. The van der Waals surface area contributed by atoms with E-state index in [1.165, 1.54) is 5.56 Å². The highest BCUT2D eigenvalue weighted by Gasteiger charge is 2.35. The van der Waals surface area contributed by atoms with Crippen molar-refractivity contribution in [2.45, 2.75) is 43.6 Å². The van der Waals surface area contributed by atoms with Gasteiger partial charge in [0.25, 0.3) is 0 Å². The average molecular weight is 274 g/mol. The largest absolute Gasteiger partial charge is 0.394 e. The summed E-state index contributed by atoms with van der Waals surface area (Å²) in [5, 5.41) is 16.0. The van der Waals surface area contributed by atoms with E-state index in [1.807, 2.05) is 12.1 Å². The van der Waals surface area contributed by atoms with E-state index in [4.69, 9.17) is 0 Å². The number of benzene rings is 1. The standard InChI is InChI=1S/C16H22N2O2/c19-11-16(7-3-4-8-16)18-15(20)9-12-10-17-14-6-2-1-5-13(12)14/h1-2,5-6,12,17,19H,3-4,7-11H2,(H,18,20). The lowest BCUT2D eigenvalue weighted by Crippen LogP contribution is -2.49. The number of carbonyl (C=O) groups excluding carboxylic acids is 1. The molecule has 0 bridgehead atoms. The third-order valence-corrected chi connectivity index (χ3v) is 4.64. The predicted octanol–water partition coefficient (Wildman–Crippen LogP) is 2.01. The number of rotatable bonds is 4. The summed E-state index contributed by atoms with van der Waals surface area (Å²) >= 11 is 0. The minimum atomic E-state index is -0.358. The first-order valence-corrected chi connectivity index (χ1v) is 7.47. The molecule has 0 radical (unpaired) electrons. The number of nitrogens with one attached hydrogen (secondary N) is 2. The van der Waals surface area contributed by atoms with E-state index in [-0.39, 0.29) is 24.0 Å². The highest BCUT2D eigenvalue weighted by Crippen LogP contribution is 2.34. The van der Waals surface area contributed by atoms with Crippen LogP contribution in [0.5, 0.6) is 0 Å². The van der Waals surface area contributed by atoms with E-state index in [1.54, 1.807) is 0 Å². The summed E-state index contributed by atoms with van der Waals surface area (Å²) in [6.45, 7) is 0.872. The topological polar surface area (TPSA) is 61.4 Å². The second-order valence-corrected chi connectivity index (χ2v) is 6.06. The molecule has 1 unspecified atom stereocenters. The van der Waals surface area contributed by atoms with E-state index < -0.39 is 0 Å². The predicted molar refractivity (Wildman–Crippen MR) is 78.7 cm³/mol. The first-order chi connectivity index (χ1) is 9.72. The van der Waals surface area contributed by atoms with Crippen LogP contribution in [0.25, 0.3) is 0 Å². The molecule has 1 aliphatic heterocycles. The summed E-state index contributed by atoms with van der Waals surface area (Å²) in [6.07, 6.45) is 4.47. The van der Waals surface area contributed by atoms with Crippen molar-refractivity contribution < 1.29 is 9.90 Å². The number of carbonyl (C=O) groups is 1. The van der Waals surface area contributed by atoms with Gasteiger partial charge in [0.05, 0.1) is 12.1 Å². The highest BCUT2D eigenvalue weighted by molar-refractivity contribution is 5.79. The highest BCUT2D eigenvalue weighted by atomic mass is 16.3. The molecule has 1 atom stereocenters. The second kappa shape index (κ2) is 5.44. The molecule has 3 rings (SSSR count). The van der Waals surface area contributed by atoms with Crippen molar-refractivity contribution in [2.75, 3.05) is 18.5 Å². The molecule has 4 nitrogen and oxygen atoms in total. The number of hydrogen-bond acceptors (Lipinski definition) is 3. The Hall–Kier alpha value is -1.55. The van der Waals surface area contributed by atoms with Gasteiger partial charge in [-0.15, -0.1) is 0 Å². The quantitative estimate of drug-likeness (QED) is 0.787. The molecule has 3 N–H and O–H groups in total. The van der Waals surface area contributed by atoms with Crippen molar-refractivity contribution in [3.63, 3.8) is 0 Å². The van der Waals surface area contributed by atoms with Crippen LogP contribution in [-0.4, -0.2) is 29.7 Å². The fourth-order valence-electron chi connectivity index (χ4n) is 3.48. The Balaban J connectivity index is 1.63. The van der Waals surface area contributed by atoms with Crippen molar-refractivity contribution in [1.29, 1.82) is 0 Å². The molecular formula is C16H22N2O2. The minimum absolute atomic E-state index is 0.0538. The molecule has 20 heavy (non-hydrogen) atoms. The molecule has 2 aliphatic rings. The zero-order valence-corrected chi connectivity index (χ0v) is 11.7. The first-order valence-electron chi connectivity index (χ1n) is 7.47. The van der Waals surface area contributed by atoms with E-state index in [0.29, 0.717) is 6.42 Å². The summed E-state index contributed by atoms with van der Waals surface area (Å²) in [4.78, 5) is 12.3. The van der Waals surface area contributed by atoms with Crippen molar-refractivity contribution >= 4 is 11.6 Å². The Kier molecular flexibility index (Phi) is 3.66. The minimum Gasteiger partial charge on any atom is -0.394 e. The summed E-state index contributed by atoms with van der Waals surface area (Å²) < 4.78 is 0. The van der Waals surface area contributed by atoms with Gasteiger partial charge in [-0.3, -0.25) is 4.79 Å². The van der Waals surface area contributed by atoms with Gasteiger partial charge < -0.3 is 15.7 Å². The van der Waals surface area contributed by atoms with Crippen LogP contribution in [-0.2, 0) is 4.79 Å². The summed E-state index contributed by atoms with van der Waals surface area (Å²) in [6, 6.07) is 8.17. The van der Waals surface area contributed by atoms with Crippen molar-refractivity contribution in [1.82, 2.24) is 5.32 Å². The maximum atomic E-state index is 12.3. The van der Waals surface area contributed by atoms with Crippen LogP contribution in [0.2, 0.25) is 0 Å². The lowest BCUT2D eigenvalue weighted by Gasteiger charge is -2.28. The maximum absolute atomic E-state index is 12.3. The molecule has 108 valence electrons. The molecule has 1 aromatic rings. The van der Waals surface area contributed by atoms with Gasteiger partial charge in [0.2, 0.25) is 5.91 Å². The van der Waals surface area contributed by atoms with E-state index in [9.17, 15) is 9.90 Å². The molecule has 1 aliphatic carbocycles. The Morgan fingerprint density at radius 3 is 2.85 bits per heavy atom. The van der Waals surface area contributed by atoms with Crippen LogP contribution in [0.3, 0.4) is 0 Å². The van der Waals surface area contributed by atoms with Gasteiger partial charge in [-0.05, 0) is 24.5 Å². The third-order valence-electron chi connectivity index (χ3n) is 4.64. The maximum Gasteiger partial charge on any atom is 0.221 e. The summed E-state index contributed by atoms with van der Waals surface area (Å²) in [5.41, 5.74) is 2.01. The second-order valence-electron chi connectivity index (χ2n) is 6.06. The number of fused-ring (bicyclic) bond motifs is 1. The zero-order valence-electron chi connectivity index (χ0n) is 11.7. The van der Waals surface area contributed by atoms with Crippen LogP contribution < -0.4 is 10.6 Å². The van der Waals surface area contributed by atoms with Gasteiger partial charge in [0.15, 0.2) is 0 Å². The van der Waals surface area contributed by atoms with Gasteiger partial charge in [-0.1, -0.05) is 31.0 Å². The molecule has 1 heterocycles. The molecule has 1 fully saturated rings. The number of amides is 1. The summed E-state index contributed by atoms with van der Waals surface area (Å²) in [7, 11) is 0. The normalized spacial score (nSPS) is 23.1. The van der Waals surface area contributed by atoms with Crippen LogP contribution in [0.4, 0.5) is 5.69 Å². The smallest absolute Gasteiger partial charge is 0.221 e. The monoisotopic (exact) mass is 274 g/mol. The van der Waals surface area contributed by atoms with Gasteiger partial charge in [0, 0.05) is 24.6 Å². The third kappa shape index (κ3) is 2.52. The number of anilines is 1. The van der Waals surface area contributed by atoms with Crippen LogP contribution in [0.15, 0.2) is 24.3 Å². The van der Waals surface area contributed by atoms with E-state index in [0.717, 1.165) is 37.9 Å². The number of para-hydroxylation sites is 1. The van der Waals surface area contributed by atoms with Gasteiger partial charge >= 0.3 is 0 Å². The lowest BCUT2D eigenvalue weighted by atomic mass is 9.95. The Morgan fingerprint density at radius 2 is 2.10 bits per heavy atom. The zero-order chi connectivity index (χ0) is 14.0. The fraction of sp³-hybridized carbons (Fsp3) is 0.562. The van der Waals surface area contributed by atoms with Crippen molar-refractivity contribution in [3.05, 3.63) is 29.8 Å². The number of aliphatic hydroxyl groups excluding tert-OH is 1. The molecule has 1 amide bonds. The molecular weight excluding hydrogens is 252 g/mol. The number of hydrogen-bond donors (Lipinski definition) is 3. The molecule has 0 spiro atoms. The molecule has 4 heteroatoms. The van der Waals surface area contributed by atoms with Crippen LogP contribution in [0, 0.1) is 0 Å².